The van der Waals surface area contributed by atoms with E-state index in [1.807, 2.05) is 47.5 Å². The van der Waals surface area contributed by atoms with E-state index in [-0.39, 0.29) is 48.6 Å². The Morgan fingerprint density at radius 2 is 1.73 bits per heavy atom. The Bertz CT molecular complexity index is 1080. The highest BCUT2D eigenvalue weighted by atomic mass is 35.5. The van der Waals surface area contributed by atoms with Crippen molar-refractivity contribution in [3.05, 3.63) is 60.6 Å². The summed E-state index contributed by atoms with van der Waals surface area (Å²) >= 11 is 0. The summed E-state index contributed by atoms with van der Waals surface area (Å²) in [5, 5.41) is 4.19. The van der Waals surface area contributed by atoms with Crippen LogP contribution in [-0.2, 0) is 4.79 Å². The molecule has 4 heterocycles. The van der Waals surface area contributed by atoms with E-state index in [9.17, 15) is 9.59 Å². The molecule has 2 aliphatic heterocycles. The van der Waals surface area contributed by atoms with E-state index in [0.717, 1.165) is 43.3 Å². The highest BCUT2D eigenvalue weighted by Gasteiger charge is 2.33. The van der Waals surface area contributed by atoms with Gasteiger partial charge in [-0.1, -0.05) is 6.07 Å². The fourth-order valence-electron chi connectivity index (χ4n) is 4.73. The molecule has 2 saturated heterocycles. The van der Waals surface area contributed by atoms with Gasteiger partial charge in [0.25, 0.3) is 5.91 Å². The van der Waals surface area contributed by atoms with Crippen molar-refractivity contribution < 1.29 is 9.59 Å². The van der Waals surface area contributed by atoms with E-state index in [0.29, 0.717) is 18.7 Å². The van der Waals surface area contributed by atoms with Crippen LogP contribution in [0.2, 0.25) is 0 Å². The number of rotatable bonds is 4. The van der Waals surface area contributed by atoms with E-state index < -0.39 is 0 Å². The van der Waals surface area contributed by atoms with Crippen molar-refractivity contribution in [3.63, 3.8) is 0 Å². The largest absolute Gasteiger partial charge is 0.371 e. The minimum atomic E-state index is -0.0820. The fraction of sp³-hybridized carbons (Fsp3) is 0.375. The predicted molar refractivity (Wildman–Crippen MR) is 134 cm³/mol. The average molecular weight is 490 g/mol. The molecule has 5 rings (SSSR count). The predicted octanol–water partition coefficient (Wildman–Crippen LogP) is 3.65. The molecule has 3 aromatic rings. The van der Waals surface area contributed by atoms with Gasteiger partial charge < -0.3 is 20.1 Å². The Morgan fingerprint density at radius 3 is 2.48 bits per heavy atom. The summed E-state index contributed by atoms with van der Waals surface area (Å²) < 4.78 is 0. The molecule has 2 aliphatic rings. The van der Waals surface area contributed by atoms with Crippen molar-refractivity contribution in [2.24, 2.45) is 5.92 Å². The number of H-pyrrole nitrogens is 1. The van der Waals surface area contributed by atoms with Crippen molar-refractivity contribution >= 4 is 53.2 Å². The molecule has 2 aromatic heterocycles. The number of anilines is 1. The van der Waals surface area contributed by atoms with Gasteiger partial charge in [-0.3, -0.25) is 14.6 Å². The van der Waals surface area contributed by atoms with E-state index in [2.05, 4.69) is 20.2 Å². The lowest BCUT2D eigenvalue weighted by atomic mass is 9.95. The minimum absolute atomic E-state index is 0. The molecule has 2 N–H and O–H groups in total. The lowest BCUT2D eigenvalue weighted by Crippen LogP contribution is -2.43. The SMILES string of the molecule is Cl.Cl.O=C(N[C@H]1CCN(C(=O)C2CCN(c3ccncc3)CC2)C1)c1ccc2cc[nH]c2c1. The Labute approximate surface area is 205 Å². The standard InChI is InChI=1S/C24H27N5O2.2ClH/c30-23(19-2-1-17-3-11-26-22(17)15-19)27-20-8-14-29(16-20)24(31)18-6-12-28(13-7-18)21-4-9-25-10-5-21;;/h1-5,9-11,15,18,20,26H,6-8,12-14,16H2,(H,27,30);2*1H/t20-;;/m0../s1. The second kappa shape index (κ2) is 10.9. The molecular formula is C24H29Cl2N5O2. The van der Waals surface area contributed by atoms with Crippen LogP contribution < -0.4 is 10.2 Å². The Balaban J connectivity index is 0.00000153. The van der Waals surface area contributed by atoms with Crippen LogP contribution in [0.3, 0.4) is 0 Å². The van der Waals surface area contributed by atoms with Crippen molar-refractivity contribution in [2.75, 3.05) is 31.1 Å². The molecule has 0 bridgehead atoms. The third-order valence-electron chi connectivity index (χ3n) is 6.52. The number of fused-ring (bicyclic) bond motifs is 1. The molecule has 1 aromatic carbocycles. The molecule has 0 unspecified atom stereocenters. The summed E-state index contributed by atoms with van der Waals surface area (Å²) in [6.45, 7) is 3.08. The zero-order chi connectivity index (χ0) is 21.2. The molecule has 7 nitrogen and oxygen atoms in total. The molecule has 0 aliphatic carbocycles. The second-order valence-corrected chi connectivity index (χ2v) is 8.49. The fourth-order valence-corrected chi connectivity index (χ4v) is 4.73. The Morgan fingerprint density at radius 1 is 0.970 bits per heavy atom. The van der Waals surface area contributed by atoms with E-state index in [1.54, 1.807) is 12.4 Å². The van der Waals surface area contributed by atoms with Crippen LogP contribution in [0.15, 0.2) is 55.0 Å². The maximum absolute atomic E-state index is 13.0. The average Bonchev–Trinajstić information content (AvgIpc) is 3.48. The lowest BCUT2D eigenvalue weighted by Gasteiger charge is -2.34. The molecule has 0 saturated carbocycles. The van der Waals surface area contributed by atoms with Crippen LogP contribution in [0.4, 0.5) is 5.69 Å². The number of hydrogen-bond acceptors (Lipinski definition) is 4. The van der Waals surface area contributed by atoms with E-state index >= 15 is 0 Å². The molecule has 1 atom stereocenters. The van der Waals surface area contributed by atoms with Gasteiger partial charge in [0.2, 0.25) is 5.91 Å². The molecule has 0 radical (unpaired) electrons. The Hall–Kier alpha value is -2.77. The van der Waals surface area contributed by atoms with E-state index in [4.69, 9.17) is 0 Å². The Kier molecular flexibility index (Phi) is 8.21. The van der Waals surface area contributed by atoms with Crippen molar-refractivity contribution in [2.45, 2.75) is 25.3 Å². The van der Waals surface area contributed by atoms with Crippen LogP contribution in [0.1, 0.15) is 29.6 Å². The van der Waals surface area contributed by atoms with Gasteiger partial charge in [-0.25, -0.2) is 0 Å². The highest BCUT2D eigenvalue weighted by molar-refractivity contribution is 5.98. The number of likely N-dealkylation sites (tertiary alicyclic amines) is 1. The number of carbonyl (C=O) groups excluding carboxylic acids is 2. The molecule has 0 spiro atoms. The zero-order valence-corrected chi connectivity index (χ0v) is 19.9. The number of nitrogens with one attached hydrogen (secondary N) is 2. The molecule has 2 fully saturated rings. The van der Waals surface area contributed by atoms with Gasteiger partial charge in [-0.2, -0.15) is 0 Å². The topological polar surface area (TPSA) is 81.3 Å². The first-order valence-electron chi connectivity index (χ1n) is 11.0. The highest BCUT2D eigenvalue weighted by Crippen LogP contribution is 2.25. The lowest BCUT2D eigenvalue weighted by molar-refractivity contribution is -0.135. The number of hydrogen-bond donors (Lipinski definition) is 2. The molecule has 2 amide bonds. The van der Waals surface area contributed by atoms with Crippen LogP contribution in [0.25, 0.3) is 10.9 Å². The number of halogens is 2. The second-order valence-electron chi connectivity index (χ2n) is 8.49. The molecule has 176 valence electrons. The van der Waals surface area contributed by atoms with Crippen molar-refractivity contribution in [1.82, 2.24) is 20.2 Å². The van der Waals surface area contributed by atoms with Crippen molar-refractivity contribution in [1.29, 1.82) is 0 Å². The monoisotopic (exact) mass is 489 g/mol. The van der Waals surface area contributed by atoms with E-state index in [1.165, 1.54) is 5.69 Å². The number of nitrogens with zero attached hydrogens (tertiary/aromatic N) is 3. The summed E-state index contributed by atoms with van der Waals surface area (Å²) in [5.74, 6) is 0.225. The maximum atomic E-state index is 13.0. The quantitative estimate of drug-likeness (QED) is 0.585. The third kappa shape index (κ3) is 5.42. The summed E-state index contributed by atoms with van der Waals surface area (Å²) in [6.07, 6.45) is 8.02. The van der Waals surface area contributed by atoms with Gasteiger partial charge in [0, 0.05) is 73.5 Å². The number of amides is 2. The van der Waals surface area contributed by atoms with Crippen LogP contribution in [0.5, 0.6) is 0 Å². The normalized spacial score (nSPS) is 18.5. The minimum Gasteiger partial charge on any atom is -0.371 e. The van der Waals surface area contributed by atoms with Gasteiger partial charge in [-0.05, 0) is 55.0 Å². The van der Waals surface area contributed by atoms with Gasteiger partial charge in [0.15, 0.2) is 0 Å². The van der Waals surface area contributed by atoms with Gasteiger partial charge in [0.05, 0.1) is 0 Å². The number of aromatic nitrogens is 2. The zero-order valence-electron chi connectivity index (χ0n) is 18.3. The number of pyridine rings is 1. The van der Waals surface area contributed by atoms with Crippen LogP contribution in [0, 0.1) is 5.92 Å². The first-order chi connectivity index (χ1) is 15.2. The molecule has 9 heteroatoms. The van der Waals surface area contributed by atoms with Gasteiger partial charge in [-0.15, -0.1) is 24.8 Å². The van der Waals surface area contributed by atoms with Crippen LogP contribution >= 0.6 is 24.8 Å². The smallest absolute Gasteiger partial charge is 0.251 e. The summed E-state index contributed by atoms with van der Waals surface area (Å²) in [6, 6.07) is 11.7. The number of carbonyl (C=O) groups is 2. The first kappa shape index (κ1) is 24.9. The first-order valence-corrected chi connectivity index (χ1v) is 11.0. The summed E-state index contributed by atoms with van der Waals surface area (Å²) in [4.78, 5) is 37.2. The number of piperidine rings is 1. The molecular weight excluding hydrogens is 461 g/mol. The van der Waals surface area contributed by atoms with Crippen LogP contribution in [-0.4, -0.2) is 58.9 Å². The summed E-state index contributed by atoms with van der Waals surface area (Å²) in [7, 11) is 0. The van der Waals surface area contributed by atoms with Gasteiger partial charge in [0.1, 0.15) is 0 Å². The van der Waals surface area contributed by atoms with Gasteiger partial charge >= 0.3 is 0 Å². The summed E-state index contributed by atoms with van der Waals surface area (Å²) in [5.41, 5.74) is 2.76. The van der Waals surface area contributed by atoms with Crippen molar-refractivity contribution in [3.8, 4) is 0 Å². The third-order valence-corrected chi connectivity index (χ3v) is 6.52. The number of benzene rings is 1. The number of aromatic amines is 1. The molecule has 33 heavy (non-hydrogen) atoms. The maximum Gasteiger partial charge on any atom is 0.251 e.